The van der Waals surface area contributed by atoms with Crippen LogP contribution >= 0.6 is 15.9 Å². The van der Waals surface area contributed by atoms with Gasteiger partial charge in [0.25, 0.3) is 0 Å². The lowest BCUT2D eigenvalue weighted by Gasteiger charge is -2.04. The quantitative estimate of drug-likeness (QED) is 0.541. The van der Waals surface area contributed by atoms with Gasteiger partial charge in [0.2, 0.25) is 0 Å². The van der Waals surface area contributed by atoms with E-state index in [4.69, 9.17) is 5.73 Å². The minimum absolute atomic E-state index is 0.255. The standard InChI is InChI=1S/C15H9BrF2N2O/c16-7-1-2-14-8(3-7)10(6-20-14)15(21)9-4-13(19)12(18)5-11(9)17/h1-6,20H,19H2. The van der Waals surface area contributed by atoms with Gasteiger partial charge in [0.05, 0.1) is 11.3 Å². The maximum Gasteiger partial charge on any atom is 0.198 e. The van der Waals surface area contributed by atoms with Gasteiger partial charge in [-0.3, -0.25) is 4.79 Å². The molecule has 0 saturated heterocycles. The molecule has 2 aromatic carbocycles. The van der Waals surface area contributed by atoms with Gasteiger partial charge in [-0.05, 0) is 24.3 Å². The summed E-state index contributed by atoms with van der Waals surface area (Å²) >= 11 is 3.32. The van der Waals surface area contributed by atoms with E-state index in [1.807, 2.05) is 6.07 Å². The van der Waals surface area contributed by atoms with Crippen LogP contribution in [0.2, 0.25) is 0 Å². The zero-order chi connectivity index (χ0) is 15.1. The van der Waals surface area contributed by atoms with E-state index in [1.54, 1.807) is 12.1 Å². The number of nitrogens with two attached hydrogens (primary N) is 1. The highest BCUT2D eigenvalue weighted by Gasteiger charge is 2.19. The lowest BCUT2D eigenvalue weighted by molar-refractivity contribution is 0.103. The molecule has 0 atom stereocenters. The Bertz CT molecular complexity index is 873. The summed E-state index contributed by atoms with van der Waals surface area (Å²) in [4.78, 5) is 15.4. The maximum atomic E-state index is 13.8. The molecule has 3 nitrogen and oxygen atoms in total. The largest absolute Gasteiger partial charge is 0.396 e. The number of fused-ring (bicyclic) bond motifs is 1. The molecule has 6 heteroatoms. The first-order valence-corrected chi connectivity index (χ1v) is 6.82. The van der Waals surface area contributed by atoms with Crippen LogP contribution < -0.4 is 5.73 Å². The third-order valence-corrected chi connectivity index (χ3v) is 3.71. The summed E-state index contributed by atoms with van der Waals surface area (Å²) in [5.41, 5.74) is 5.94. The molecule has 21 heavy (non-hydrogen) atoms. The summed E-state index contributed by atoms with van der Waals surface area (Å²) in [6.45, 7) is 0. The van der Waals surface area contributed by atoms with Crippen LogP contribution in [0.3, 0.4) is 0 Å². The second-order valence-electron chi connectivity index (χ2n) is 4.57. The molecular formula is C15H9BrF2N2O. The van der Waals surface area contributed by atoms with Gasteiger partial charge in [0.1, 0.15) is 11.6 Å². The molecule has 0 fully saturated rings. The fourth-order valence-electron chi connectivity index (χ4n) is 2.17. The summed E-state index contributed by atoms with van der Waals surface area (Å²) in [5.74, 6) is -2.37. The van der Waals surface area contributed by atoms with Gasteiger partial charge in [0.15, 0.2) is 5.78 Å². The molecule has 1 heterocycles. The van der Waals surface area contributed by atoms with Gasteiger partial charge in [0, 0.05) is 33.2 Å². The van der Waals surface area contributed by atoms with Crippen molar-refractivity contribution in [3.63, 3.8) is 0 Å². The van der Waals surface area contributed by atoms with Crippen molar-refractivity contribution < 1.29 is 13.6 Å². The van der Waals surface area contributed by atoms with Crippen molar-refractivity contribution in [1.29, 1.82) is 0 Å². The first-order chi connectivity index (χ1) is 9.97. The van der Waals surface area contributed by atoms with E-state index in [0.29, 0.717) is 17.0 Å². The highest BCUT2D eigenvalue weighted by atomic mass is 79.9. The Labute approximate surface area is 126 Å². The van der Waals surface area contributed by atoms with E-state index in [-0.39, 0.29) is 11.3 Å². The molecular weight excluding hydrogens is 342 g/mol. The number of nitrogen functional groups attached to an aromatic ring is 1. The Hall–Kier alpha value is -2.21. The summed E-state index contributed by atoms with van der Waals surface area (Å²) in [6.07, 6.45) is 1.50. The van der Waals surface area contributed by atoms with E-state index in [2.05, 4.69) is 20.9 Å². The highest BCUT2D eigenvalue weighted by molar-refractivity contribution is 9.10. The van der Waals surface area contributed by atoms with Crippen molar-refractivity contribution in [3.8, 4) is 0 Å². The van der Waals surface area contributed by atoms with Crippen LogP contribution in [-0.2, 0) is 0 Å². The van der Waals surface area contributed by atoms with E-state index >= 15 is 0 Å². The number of rotatable bonds is 2. The first kappa shape index (κ1) is 13.8. The van der Waals surface area contributed by atoms with Crippen molar-refractivity contribution in [2.75, 3.05) is 5.73 Å². The molecule has 3 aromatic rings. The summed E-state index contributed by atoms with van der Waals surface area (Å²) in [6, 6.07) is 7.01. The number of ketones is 1. The molecule has 106 valence electrons. The molecule has 0 radical (unpaired) electrons. The number of aromatic amines is 1. The minimum atomic E-state index is -0.934. The number of benzene rings is 2. The third-order valence-electron chi connectivity index (χ3n) is 3.22. The zero-order valence-electron chi connectivity index (χ0n) is 10.6. The Morgan fingerprint density at radius 3 is 2.62 bits per heavy atom. The van der Waals surface area contributed by atoms with Crippen LogP contribution in [0.25, 0.3) is 10.9 Å². The molecule has 3 rings (SSSR count). The van der Waals surface area contributed by atoms with Crippen molar-refractivity contribution in [1.82, 2.24) is 4.98 Å². The van der Waals surface area contributed by atoms with Crippen LogP contribution in [0.5, 0.6) is 0 Å². The van der Waals surface area contributed by atoms with Crippen LogP contribution in [0, 0.1) is 11.6 Å². The number of hydrogen-bond donors (Lipinski definition) is 2. The van der Waals surface area contributed by atoms with Gasteiger partial charge in [-0.1, -0.05) is 15.9 Å². The topological polar surface area (TPSA) is 58.9 Å². The monoisotopic (exact) mass is 350 g/mol. The van der Waals surface area contributed by atoms with Crippen molar-refractivity contribution in [3.05, 3.63) is 63.8 Å². The number of carbonyl (C=O) groups is 1. The average molecular weight is 351 g/mol. The molecule has 0 saturated carbocycles. The summed E-state index contributed by atoms with van der Waals surface area (Å²) in [7, 11) is 0. The lowest BCUT2D eigenvalue weighted by Crippen LogP contribution is -2.06. The first-order valence-electron chi connectivity index (χ1n) is 6.03. The predicted octanol–water partition coefficient (Wildman–Crippen LogP) is 4.02. The lowest BCUT2D eigenvalue weighted by atomic mass is 10.0. The number of nitrogens with one attached hydrogen (secondary N) is 1. The fraction of sp³-hybridized carbons (Fsp3) is 0. The van der Waals surface area contributed by atoms with Crippen molar-refractivity contribution >= 4 is 38.3 Å². The fourth-order valence-corrected chi connectivity index (χ4v) is 2.53. The number of hydrogen-bond acceptors (Lipinski definition) is 2. The summed E-state index contributed by atoms with van der Waals surface area (Å²) < 4.78 is 27.8. The summed E-state index contributed by atoms with van der Waals surface area (Å²) in [5, 5.41) is 0.650. The molecule has 0 unspecified atom stereocenters. The second-order valence-corrected chi connectivity index (χ2v) is 5.49. The number of H-pyrrole nitrogens is 1. The normalized spacial score (nSPS) is 11.0. The number of carbonyl (C=O) groups excluding carboxylic acids is 1. The molecule has 0 spiro atoms. The van der Waals surface area contributed by atoms with E-state index < -0.39 is 17.4 Å². The van der Waals surface area contributed by atoms with Crippen LogP contribution in [0.1, 0.15) is 15.9 Å². The SMILES string of the molecule is Nc1cc(C(=O)c2c[nH]c3ccc(Br)cc23)c(F)cc1F. The van der Waals surface area contributed by atoms with Gasteiger partial charge >= 0.3 is 0 Å². The molecule has 3 N–H and O–H groups in total. The van der Waals surface area contributed by atoms with E-state index in [0.717, 1.165) is 16.1 Å². The van der Waals surface area contributed by atoms with Gasteiger partial charge in [-0.25, -0.2) is 8.78 Å². The predicted molar refractivity (Wildman–Crippen MR) is 80.2 cm³/mol. The molecule has 0 aliphatic carbocycles. The van der Waals surface area contributed by atoms with E-state index in [1.165, 1.54) is 6.20 Å². The Morgan fingerprint density at radius 1 is 1.10 bits per heavy atom. The second kappa shape index (κ2) is 4.96. The number of halogens is 3. The highest BCUT2D eigenvalue weighted by Crippen LogP contribution is 2.26. The van der Waals surface area contributed by atoms with Crippen molar-refractivity contribution in [2.24, 2.45) is 0 Å². The van der Waals surface area contributed by atoms with E-state index in [9.17, 15) is 13.6 Å². The van der Waals surface area contributed by atoms with Gasteiger partial charge < -0.3 is 10.7 Å². The van der Waals surface area contributed by atoms with Crippen LogP contribution in [0.15, 0.2) is 41.0 Å². The van der Waals surface area contributed by atoms with Crippen LogP contribution in [-0.4, -0.2) is 10.8 Å². The minimum Gasteiger partial charge on any atom is -0.396 e. The maximum absolute atomic E-state index is 13.8. The Morgan fingerprint density at radius 2 is 1.86 bits per heavy atom. The molecule has 0 aliphatic rings. The molecule has 0 bridgehead atoms. The molecule has 0 amide bonds. The van der Waals surface area contributed by atoms with Crippen LogP contribution in [0.4, 0.5) is 14.5 Å². The third kappa shape index (κ3) is 2.31. The van der Waals surface area contributed by atoms with Gasteiger partial charge in [-0.2, -0.15) is 0 Å². The van der Waals surface area contributed by atoms with Crippen molar-refractivity contribution in [2.45, 2.75) is 0 Å². The number of anilines is 1. The Balaban J connectivity index is 2.17. The average Bonchev–Trinajstić information content (AvgIpc) is 2.85. The molecule has 0 aliphatic heterocycles. The Kier molecular flexibility index (Phi) is 3.25. The number of aromatic nitrogens is 1. The van der Waals surface area contributed by atoms with Gasteiger partial charge in [-0.15, -0.1) is 0 Å². The molecule has 1 aromatic heterocycles. The zero-order valence-corrected chi connectivity index (χ0v) is 12.2. The smallest absolute Gasteiger partial charge is 0.198 e.